The van der Waals surface area contributed by atoms with E-state index in [9.17, 15) is 4.79 Å². The third-order valence-electron chi connectivity index (χ3n) is 2.74. The first-order chi connectivity index (χ1) is 7.65. The van der Waals surface area contributed by atoms with Gasteiger partial charge < -0.3 is 10.6 Å². The Hall–Kier alpha value is -0.870. The smallest absolute Gasteiger partial charge is 0.224 e. The van der Waals surface area contributed by atoms with E-state index in [4.69, 9.17) is 0 Å². The average Bonchev–Trinajstić information content (AvgIpc) is 2.18. The molecule has 1 heterocycles. The Bertz CT molecular complexity index is 402. The van der Waals surface area contributed by atoms with Crippen LogP contribution in [0.1, 0.15) is 12.0 Å². The third kappa shape index (κ3) is 2.83. The quantitative estimate of drug-likeness (QED) is 0.893. The molecule has 86 valence electrons. The lowest BCUT2D eigenvalue weighted by Gasteiger charge is -2.26. The lowest BCUT2D eigenvalue weighted by atomic mass is 9.99. The molecule has 2 rings (SSSR count). The average molecular weight is 283 g/mol. The largest absolute Gasteiger partial charge is 0.325 e. The Balaban J connectivity index is 1.96. The summed E-state index contributed by atoms with van der Waals surface area (Å²) in [4.78, 5) is 11.7. The van der Waals surface area contributed by atoms with Gasteiger partial charge in [0.1, 0.15) is 0 Å². The minimum Gasteiger partial charge on any atom is -0.325 e. The Morgan fingerprint density at radius 3 is 2.94 bits per heavy atom. The van der Waals surface area contributed by atoms with E-state index in [0.717, 1.165) is 28.8 Å². The minimum absolute atomic E-state index is 0.0952. The van der Waals surface area contributed by atoms with Crippen molar-refractivity contribution in [3.8, 4) is 0 Å². The highest BCUT2D eigenvalue weighted by Crippen LogP contribution is 2.24. The van der Waals surface area contributed by atoms with Crippen LogP contribution in [0.5, 0.6) is 0 Å². The maximum absolute atomic E-state index is 11.7. The first kappa shape index (κ1) is 11.6. The highest BCUT2D eigenvalue weighted by atomic mass is 79.9. The zero-order valence-corrected chi connectivity index (χ0v) is 10.8. The molecule has 3 nitrogen and oxygen atoms in total. The molecule has 0 aliphatic carbocycles. The number of halogens is 1. The SMILES string of the molecule is Cc1ccc(Br)c(NC(=O)CC2CNC2)c1. The molecule has 1 aliphatic rings. The van der Waals surface area contributed by atoms with Crippen LogP contribution in [0, 0.1) is 12.8 Å². The Morgan fingerprint density at radius 1 is 1.56 bits per heavy atom. The van der Waals surface area contributed by atoms with E-state index in [1.165, 1.54) is 0 Å². The number of aryl methyl sites for hydroxylation is 1. The molecule has 0 aromatic heterocycles. The number of benzene rings is 1. The molecule has 0 bridgehead atoms. The van der Waals surface area contributed by atoms with E-state index >= 15 is 0 Å². The predicted octanol–water partition coefficient (Wildman–Crippen LogP) is 2.31. The van der Waals surface area contributed by atoms with Gasteiger partial charge in [-0.15, -0.1) is 0 Å². The molecule has 1 aromatic carbocycles. The van der Waals surface area contributed by atoms with Crippen LogP contribution in [-0.4, -0.2) is 19.0 Å². The lowest BCUT2D eigenvalue weighted by Crippen LogP contribution is -2.43. The highest BCUT2D eigenvalue weighted by Gasteiger charge is 2.20. The molecule has 0 saturated carbocycles. The summed E-state index contributed by atoms with van der Waals surface area (Å²) in [6.45, 7) is 3.93. The van der Waals surface area contributed by atoms with Gasteiger partial charge >= 0.3 is 0 Å². The van der Waals surface area contributed by atoms with E-state index in [0.29, 0.717) is 12.3 Å². The van der Waals surface area contributed by atoms with Gasteiger partial charge in [0, 0.05) is 10.9 Å². The monoisotopic (exact) mass is 282 g/mol. The van der Waals surface area contributed by atoms with Gasteiger partial charge in [-0.1, -0.05) is 6.07 Å². The number of carbonyl (C=O) groups excluding carboxylic acids is 1. The van der Waals surface area contributed by atoms with Crippen molar-refractivity contribution in [2.45, 2.75) is 13.3 Å². The molecule has 1 aliphatic heterocycles. The normalized spacial score (nSPS) is 15.6. The fourth-order valence-corrected chi connectivity index (χ4v) is 2.04. The summed E-state index contributed by atoms with van der Waals surface area (Å²) in [5.41, 5.74) is 2.00. The number of hydrogen-bond donors (Lipinski definition) is 2. The fourth-order valence-electron chi connectivity index (χ4n) is 1.69. The number of anilines is 1. The summed E-state index contributed by atoms with van der Waals surface area (Å²) < 4.78 is 0.929. The number of rotatable bonds is 3. The van der Waals surface area contributed by atoms with Crippen LogP contribution >= 0.6 is 15.9 Å². The van der Waals surface area contributed by atoms with Gasteiger partial charge in [0.15, 0.2) is 0 Å². The van der Waals surface area contributed by atoms with Crippen molar-refractivity contribution in [1.29, 1.82) is 0 Å². The second-order valence-electron chi connectivity index (χ2n) is 4.26. The van der Waals surface area contributed by atoms with Crippen LogP contribution in [0.4, 0.5) is 5.69 Å². The van der Waals surface area contributed by atoms with Crippen molar-refractivity contribution in [3.05, 3.63) is 28.2 Å². The van der Waals surface area contributed by atoms with Gasteiger partial charge in [0.2, 0.25) is 5.91 Å². The summed E-state index contributed by atoms with van der Waals surface area (Å²) in [5.74, 6) is 0.599. The molecule has 1 amide bonds. The summed E-state index contributed by atoms with van der Waals surface area (Å²) >= 11 is 3.43. The zero-order valence-electron chi connectivity index (χ0n) is 9.22. The summed E-state index contributed by atoms with van der Waals surface area (Å²) in [5, 5.41) is 6.10. The van der Waals surface area contributed by atoms with E-state index in [2.05, 4.69) is 26.6 Å². The van der Waals surface area contributed by atoms with Crippen molar-refractivity contribution in [1.82, 2.24) is 5.32 Å². The van der Waals surface area contributed by atoms with Crippen LogP contribution in [0.15, 0.2) is 22.7 Å². The van der Waals surface area contributed by atoms with E-state index in [-0.39, 0.29) is 5.91 Å². The van der Waals surface area contributed by atoms with Crippen molar-refractivity contribution in [2.24, 2.45) is 5.92 Å². The summed E-state index contributed by atoms with van der Waals surface area (Å²) in [7, 11) is 0. The van der Waals surface area contributed by atoms with Crippen molar-refractivity contribution in [2.75, 3.05) is 18.4 Å². The van der Waals surface area contributed by atoms with Crippen LogP contribution in [0.3, 0.4) is 0 Å². The van der Waals surface area contributed by atoms with Crippen LogP contribution in [0.25, 0.3) is 0 Å². The molecular weight excluding hydrogens is 268 g/mol. The maximum atomic E-state index is 11.7. The molecule has 0 atom stereocenters. The van der Waals surface area contributed by atoms with Gasteiger partial charge in [-0.25, -0.2) is 0 Å². The van der Waals surface area contributed by atoms with Crippen molar-refractivity contribution >= 4 is 27.5 Å². The lowest BCUT2D eigenvalue weighted by molar-refractivity contribution is -0.117. The molecule has 0 unspecified atom stereocenters. The molecule has 0 spiro atoms. The number of carbonyl (C=O) groups is 1. The second kappa shape index (κ2) is 4.97. The predicted molar refractivity (Wildman–Crippen MR) is 68.5 cm³/mol. The minimum atomic E-state index is 0.0952. The van der Waals surface area contributed by atoms with Crippen LogP contribution in [0.2, 0.25) is 0 Å². The molecule has 16 heavy (non-hydrogen) atoms. The van der Waals surface area contributed by atoms with Crippen molar-refractivity contribution in [3.63, 3.8) is 0 Å². The van der Waals surface area contributed by atoms with E-state index in [1.54, 1.807) is 0 Å². The van der Waals surface area contributed by atoms with Gasteiger partial charge in [-0.3, -0.25) is 4.79 Å². The van der Waals surface area contributed by atoms with E-state index < -0.39 is 0 Å². The first-order valence-corrected chi connectivity index (χ1v) is 6.21. The van der Waals surface area contributed by atoms with Gasteiger partial charge in [0.25, 0.3) is 0 Å². The number of nitrogens with one attached hydrogen (secondary N) is 2. The molecule has 1 aromatic rings. The number of amides is 1. The topological polar surface area (TPSA) is 41.1 Å². The van der Waals surface area contributed by atoms with Crippen molar-refractivity contribution < 1.29 is 4.79 Å². The first-order valence-electron chi connectivity index (χ1n) is 5.42. The fraction of sp³-hybridized carbons (Fsp3) is 0.417. The van der Waals surface area contributed by atoms with Gasteiger partial charge in [-0.2, -0.15) is 0 Å². The second-order valence-corrected chi connectivity index (χ2v) is 5.11. The molecule has 1 fully saturated rings. The summed E-state index contributed by atoms with van der Waals surface area (Å²) in [6.07, 6.45) is 0.605. The molecule has 1 saturated heterocycles. The standard InChI is InChI=1S/C12H15BrN2O/c1-8-2-3-10(13)11(4-8)15-12(16)5-9-6-14-7-9/h2-4,9,14H,5-7H2,1H3,(H,15,16). The Kier molecular flexibility index (Phi) is 3.61. The van der Waals surface area contributed by atoms with E-state index in [1.807, 2.05) is 25.1 Å². The molecular formula is C12H15BrN2O. The van der Waals surface area contributed by atoms with Crippen LogP contribution in [-0.2, 0) is 4.79 Å². The maximum Gasteiger partial charge on any atom is 0.224 e. The Labute approximate surface area is 104 Å². The molecule has 4 heteroatoms. The summed E-state index contributed by atoms with van der Waals surface area (Å²) in [6, 6.07) is 5.94. The number of hydrogen-bond acceptors (Lipinski definition) is 2. The third-order valence-corrected chi connectivity index (χ3v) is 3.43. The van der Waals surface area contributed by atoms with Crippen LogP contribution < -0.4 is 10.6 Å². The molecule has 0 radical (unpaired) electrons. The van der Waals surface area contributed by atoms with Gasteiger partial charge in [0.05, 0.1) is 5.69 Å². The highest BCUT2D eigenvalue weighted by molar-refractivity contribution is 9.10. The zero-order chi connectivity index (χ0) is 11.5. The van der Waals surface area contributed by atoms with Gasteiger partial charge in [-0.05, 0) is 59.6 Å². The Morgan fingerprint density at radius 2 is 2.31 bits per heavy atom. The molecule has 2 N–H and O–H groups in total.